The molecule has 0 heterocycles. The molecule has 0 fully saturated rings. The number of carbonyl (C=O) groups excluding carboxylic acids is 2. The minimum atomic E-state index is -0.514. The molecule has 0 aliphatic rings. The Hall–Kier alpha value is -3.22. The number of nitro groups is 1. The van der Waals surface area contributed by atoms with Crippen LogP contribution >= 0.6 is 0 Å². The summed E-state index contributed by atoms with van der Waals surface area (Å²) in [7, 11) is 1.57. The summed E-state index contributed by atoms with van der Waals surface area (Å²) in [4.78, 5) is 34.1. The second-order valence-corrected chi connectivity index (χ2v) is 5.21. The number of rotatable bonds is 5. The van der Waals surface area contributed by atoms with Gasteiger partial charge in [-0.25, -0.2) is 0 Å². The van der Waals surface area contributed by atoms with Gasteiger partial charge in [-0.3, -0.25) is 19.7 Å². The number of anilines is 1. The molecule has 2 rings (SSSR count). The third kappa shape index (κ3) is 3.95. The zero-order chi connectivity index (χ0) is 17.7. The summed E-state index contributed by atoms with van der Waals surface area (Å²) < 4.78 is 0. The van der Waals surface area contributed by atoms with E-state index in [1.807, 2.05) is 0 Å². The molecule has 0 atom stereocenters. The second-order valence-electron chi connectivity index (χ2n) is 5.21. The lowest BCUT2D eigenvalue weighted by Crippen LogP contribution is -2.19. The van der Waals surface area contributed by atoms with Crippen LogP contribution in [0.25, 0.3) is 0 Å². The highest BCUT2D eigenvalue weighted by molar-refractivity contribution is 6.05. The Labute approximate surface area is 138 Å². The summed E-state index contributed by atoms with van der Waals surface area (Å²) in [6.45, 7) is 1.54. The van der Waals surface area contributed by atoms with Gasteiger partial charge in [-0.1, -0.05) is 18.2 Å². The number of nitrogens with zero attached hydrogens (tertiary/aromatic N) is 1. The molecular weight excluding hydrogens is 310 g/mol. The highest BCUT2D eigenvalue weighted by atomic mass is 16.6. The van der Waals surface area contributed by atoms with Crippen LogP contribution in [0.2, 0.25) is 0 Å². The first-order chi connectivity index (χ1) is 11.4. The molecule has 0 unspecified atom stereocenters. The van der Waals surface area contributed by atoms with Crippen molar-refractivity contribution in [2.45, 2.75) is 13.3 Å². The average Bonchev–Trinajstić information content (AvgIpc) is 2.56. The molecule has 0 bridgehead atoms. The van der Waals surface area contributed by atoms with Gasteiger partial charge in [-0.15, -0.1) is 0 Å². The van der Waals surface area contributed by atoms with Crippen LogP contribution in [0.15, 0.2) is 42.5 Å². The van der Waals surface area contributed by atoms with Crippen molar-refractivity contribution in [1.82, 2.24) is 5.32 Å². The van der Waals surface area contributed by atoms with E-state index < -0.39 is 10.8 Å². The van der Waals surface area contributed by atoms with Gasteiger partial charge in [-0.2, -0.15) is 0 Å². The van der Waals surface area contributed by atoms with E-state index >= 15 is 0 Å². The third-order valence-electron chi connectivity index (χ3n) is 3.60. The van der Waals surface area contributed by atoms with Gasteiger partial charge in [0.2, 0.25) is 5.91 Å². The molecule has 0 aliphatic carbocycles. The number of nitrogens with one attached hydrogen (secondary N) is 2. The molecule has 2 N–H and O–H groups in total. The van der Waals surface area contributed by atoms with E-state index in [-0.39, 0.29) is 23.6 Å². The van der Waals surface area contributed by atoms with E-state index in [2.05, 4.69) is 10.6 Å². The number of carbonyl (C=O) groups is 2. The number of benzene rings is 2. The van der Waals surface area contributed by atoms with Crippen molar-refractivity contribution >= 4 is 23.2 Å². The minimum absolute atomic E-state index is 0.0939. The van der Waals surface area contributed by atoms with Crippen molar-refractivity contribution in [3.8, 4) is 0 Å². The van der Waals surface area contributed by atoms with E-state index in [0.717, 1.165) is 5.56 Å². The fourth-order valence-electron chi connectivity index (χ4n) is 2.25. The molecule has 0 aromatic heterocycles. The molecule has 2 aromatic carbocycles. The molecule has 124 valence electrons. The zero-order valence-corrected chi connectivity index (χ0v) is 13.3. The summed E-state index contributed by atoms with van der Waals surface area (Å²) in [5, 5.41) is 16.2. The van der Waals surface area contributed by atoms with Crippen LogP contribution < -0.4 is 10.6 Å². The van der Waals surface area contributed by atoms with Crippen LogP contribution in [0.4, 0.5) is 11.4 Å². The molecule has 0 spiro atoms. The zero-order valence-electron chi connectivity index (χ0n) is 13.3. The van der Waals surface area contributed by atoms with Gasteiger partial charge in [-0.05, 0) is 30.7 Å². The second kappa shape index (κ2) is 7.36. The molecule has 7 heteroatoms. The Bertz CT molecular complexity index is 785. The molecule has 24 heavy (non-hydrogen) atoms. The summed E-state index contributed by atoms with van der Waals surface area (Å²) in [5.41, 5.74) is 1.84. The van der Waals surface area contributed by atoms with E-state index in [1.54, 1.807) is 38.2 Å². The molecule has 7 nitrogen and oxygen atoms in total. The highest BCUT2D eigenvalue weighted by Crippen LogP contribution is 2.22. The van der Waals surface area contributed by atoms with Gasteiger partial charge in [0.25, 0.3) is 11.6 Å². The van der Waals surface area contributed by atoms with Crippen LogP contribution in [-0.2, 0) is 11.2 Å². The predicted octanol–water partition coefficient (Wildman–Crippen LogP) is 2.44. The fraction of sp³-hybridized carbons (Fsp3) is 0.176. The van der Waals surface area contributed by atoms with Crippen molar-refractivity contribution in [1.29, 1.82) is 0 Å². The number of hydrogen-bond donors (Lipinski definition) is 2. The molecular formula is C17H17N3O4. The Kier molecular flexibility index (Phi) is 5.26. The number of nitro benzene ring substituents is 1. The Balaban J connectivity index is 2.14. The Morgan fingerprint density at radius 2 is 1.79 bits per heavy atom. The van der Waals surface area contributed by atoms with Gasteiger partial charge in [0.1, 0.15) is 0 Å². The maximum absolute atomic E-state index is 12.3. The van der Waals surface area contributed by atoms with Crippen LogP contribution in [-0.4, -0.2) is 23.8 Å². The number of likely N-dealkylation sites (N-methyl/N-ethyl adjacent to an activating group) is 1. The quantitative estimate of drug-likeness (QED) is 0.650. The first-order valence-electron chi connectivity index (χ1n) is 7.27. The third-order valence-corrected chi connectivity index (χ3v) is 3.60. The van der Waals surface area contributed by atoms with Crippen molar-refractivity contribution in [2.75, 3.05) is 12.4 Å². The molecule has 0 saturated carbocycles. The smallest absolute Gasteiger partial charge is 0.273 e. The van der Waals surface area contributed by atoms with Crippen LogP contribution in [0.5, 0.6) is 0 Å². The van der Waals surface area contributed by atoms with Crippen molar-refractivity contribution in [2.24, 2.45) is 0 Å². The first kappa shape index (κ1) is 17.1. The van der Waals surface area contributed by atoms with Gasteiger partial charge in [0.15, 0.2) is 0 Å². The minimum Gasteiger partial charge on any atom is -0.359 e. The number of amides is 2. The van der Waals surface area contributed by atoms with Crippen LogP contribution in [0.3, 0.4) is 0 Å². The average molecular weight is 327 g/mol. The van der Waals surface area contributed by atoms with E-state index in [4.69, 9.17) is 0 Å². The lowest BCUT2D eigenvalue weighted by Gasteiger charge is -2.09. The van der Waals surface area contributed by atoms with E-state index in [0.29, 0.717) is 11.3 Å². The van der Waals surface area contributed by atoms with Gasteiger partial charge in [0, 0.05) is 29.9 Å². The molecule has 2 aromatic rings. The molecule has 2 amide bonds. The monoisotopic (exact) mass is 327 g/mol. The fourth-order valence-corrected chi connectivity index (χ4v) is 2.25. The lowest BCUT2D eigenvalue weighted by atomic mass is 10.1. The summed E-state index contributed by atoms with van der Waals surface area (Å²) in [6, 6.07) is 11.2. The maximum atomic E-state index is 12.3. The molecule has 0 radical (unpaired) electrons. The normalized spacial score (nSPS) is 10.1. The number of hydrogen-bond acceptors (Lipinski definition) is 4. The Morgan fingerprint density at radius 1 is 1.12 bits per heavy atom. The van der Waals surface area contributed by atoms with Gasteiger partial charge >= 0.3 is 0 Å². The van der Waals surface area contributed by atoms with Gasteiger partial charge in [0.05, 0.1) is 11.3 Å². The van der Waals surface area contributed by atoms with Gasteiger partial charge < -0.3 is 10.6 Å². The Morgan fingerprint density at radius 3 is 2.38 bits per heavy atom. The van der Waals surface area contributed by atoms with Crippen LogP contribution in [0.1, 0.15) is 21.5 Å². The van der Waals surface area contributed by atoms with E-state index in [1.165, 1.54) is 18.2 Å². The predicted molar refractivity (Wildman–Crippen MR) is 90.0 cm³/mol. The van der Waals surface area contributed by atoms with Crippen LogP contribution in [0, 0.1) is 17.0 Å². The largest absolute Gasteiger partial charge is 0.359 e. The first-order valence-corrected chi connectivity index (χ1v) is 7.27. The van der Waals surface area contributed by atoms with Crippen molar-refractivity contribution in [3.63, 3.8) is 0 Å². The summed E-state index contributed by atoms with van der Waals surface area (Å²) >= 11 is 0. The topological polar surface area (TPSA) is 101 Å². The maximum Gasteiger partial charge on any atom is 0.273 e. The molecule has 0 saturated heterocycles. The summed E-state index contributed by atoms with van der Waals surface area (Å²) in [6.07, 6.45) is 0.259. The standard InChI is InChI=1S/C17H17N3O4/c1-11-14(4-3-5-15(11)20(23)24)17(22)19-13-8-6-12(7-9-13)10-16(21)18-2/h3-9H,10H2,1-2H3,(H,18,21)(H,19,22). The lowest BCUT2D eigenvalue weighted by molar-refractivity contribution is -0.385. The van der Waals surface area contributed by atoms with Crippen molar-refractivity contribution < 1.29 is 14.5 Å². The SMILES string of the molecule is CNC(=O)Cc1ccc(NC(=O)c2cccc([N+](=O)[O-])c2C)cc1. The van der Waals surface area contributed by atoms with E-state index in [9.17, 15) is 19.7 Å². The van der Waals surface area contributed by atoms with Crippen molar-refractivity contribution in [3.05, 3.63) is 69.3 Å². The molecule has 0 aliphatic heterocycles. The highest BCUT2D eigenvalue weighted by Gasteiger charge is 2.17. The summed E-state index contributed by atoms with van der Waals surface area (Å²) in [5.74, 6) is -0.519.